The molecule has 1 aliphatic heterocycles. The van der Waals surface area contributed by atoms with Gasteiger partial charge in [-0.25, -0.2) is 13.5 Å². The van der Waals surface area contributed by atoms with Gasteiger partial charge in [0.2, 0.25) is 0 Å². The van der Waals surface area contributed by atoms with Crippen molar-refractivity contribution < 1.29 is 22.1 Å². The molecule has 3 aromatic rings. The number of piperidine rings is 1. The molecule has 1 atom stereocenters. The van der Waals surface area contributed by atoms with E-state index in [2.05, 4.69) is 14.7 Å². The highest BCUT2D eigenvalue weighted by Gasteiger charge is 2.31. The molecule has 5 nitrogen and oxygen atoms in total. The second-order valence-corrected chi connectivity index (χ2v) is 8.10. The van der Waals surface area contributed by atoms with Crippen LogP contribution in [0.4, 0.5) is 13.2 Å². The van der Waals surface area contributed by atoms with Gasteiger partial charge >= 0.3 is 6.36 Å². The number of aromatic nitrogens is 2. The summed E-state index contributed by atoms with van der Waals surface area (Å²) in [5.41, 5.74) is 2.09. The molecule has 1 N–H and O–H groups in total. The van der Waals surface area contributed by atoms with Gasteiger partial charge in [-0.15, -0.1) is 13.2 Å². The van der Waals surface area contributed by atoms with Crippen LogP contribution < -0.4 is 4.74 Å². The Bertz CT molecular complexity index is 980. The Hall–Kier alpha value is -2.39. The molecule has 3 heterocycles. The lowest BCUT2D eigenvalue weighted by molar-refractivity contribution is -0.274. The van der Waals surface area contributed by atoms with Crippen LogP contribution in [-0.4, -0.2) is 37.9 Å². The van der Waals surface area contributed by atoms with Gasteiger partial charge in [-0.05, 0) is 60.7 Å². The number of alkyl halides is 3. The first-order chi connectivity index (χ1) is 13.4. The van der Waals surface area contributed by atoms with Crippen LogP contribution in [0.3, 0.4) is 0 Å². The van der Waals surface area contributed by atoms with Gasteiger partial charge in [0.25, 0.3) is 0 Å². The molecule has 0 saturated carbocycles. The van der Waals surface area contributed by atoms with Crippen LogP contribution in [0.1, 0.15) is 24.3 Å². The molecule has 0 spiro atoms. The zero-order valence-electron chi connectivity index (χ0n) is 14.8. The van der Waals surface area contributed by atoms with E-state index in [0.717, 1.165) is 23.9 Å². The fourth-order valence-corrected chi connectivity index (χ4v) is 4.76. The maximum atomic E-state index is 12.8. The lowest BCUT2D eigenvalue weighted by Crippen LogP contribution is -2.34. The van der Waals surface area contributed by atoms with Gasteiger partial charge in [-0.1, -0.05) is 0 Å². The molecule has 0 bridgehead atoms. The van der Waals surface area contributed by atoms with Crippen molar-refractivity contribution in [2.45, 2.75) is 30.0 Å². The van der Waals surface area contributed by atoms with Crippen LogP contribution in [0.15, 0.2) is 53.7 Å². The smallest absolute Gasteiger partial charge is 0.406 e. The third-order valence-corrected chi connectivity index (χ3v) is 6.38. The number of rotatable bonds is 4. The highest BCUT2D eigenvalue weighted by Crippen LogP contribution is 2.33. The molecule has 1 fully saturated rings. The topological polar surface area (TPSA) is 58.2 Å². The van der Waals surface area contributed by atoms with Crippen molar-refractivity contribution in [3.8, 4) is 5.75 Å². The van der Waals surface area contributed by atoms with Crippen molar-refractivity contribution >= 4 is 22.0 Å². The number of fused-ring (bicyclic) bond motifs is 1. The zero-order chi connectivity index (χ0) is 19.7. The molecule has 0 radical (unpaired) electrons. The molecule has 148 valence electrons. The average molecular weight is 409 g/mol. The van der Waals surface area contributed by atoms with E-state index in [1.807, 2.05) is 22.6 Å². The number of aromatic amines is 1. The van der Waals surface area contributed by atoms with Crippen LogP contribution in [0.2, 0.25) is 0 Å². The molecule has 1 unspecified atom stereocenters. The Morgan fingerprint density at radius 2 is 1.86 bits per heavy atom. The van der Waals surface area contributed by atoms with Crippen LogP contribution >= 0.6 is 0 Å². The third-order valence-electron chi connectivity index (χ3n) is 4.87. The number of hydrogen-bond acceptors (Lipinski definition) is 3. The second-order valence-electron chi connectivity index (χ2n) is 6.62. The van der Waals surface area contributed by atoms with E-state index < -0.39 is 17.3 Å². The SMILES string of the molecule is O=S(c1ccc(OC(F)(F)F)cc1)N1CCC(c2c[nH]c3ncccc23)CC1. The van der Waals surface area contributed by atoms with Crippen molar-refractivity contribution in [2.24, 2.45) is 0 Å². The largest absolute Gasteiger partial charge is 0.573 e. The Kier molecular flexibility index (Phi) is 5.11. The highest BCUT2D eigenvalue weighted by molar-refractivity contribution is 7.82. The lowest BCUT2D eigenvalue weighted by atomic mass is 9.90. The van der Waals surface area contributed by atoms with E-state index in [1.165, 1.54) is 29.8 Å². The fourth-order valence-electron chi connectivity index (χ4n) is 3.55. The third kappa shape index (κ3) is 4.05. The Morgan fingerprint density at radius 1 is 1.14 bits per heavy atom. The highest BCUT2D eigenvalue weighted by atomic mass is 32.2. The fraction of sp³-hybridized carbons (Fsp3) is 0.316. The van der Waals surface area contributed by atoms with E-state index in [4.69, 9.17) is 0 Å². The summed E-state index contributed by atoms with van der Waals surface area (Å²) in [6, 6.07) is 9.15. The van der Waals surface area contributed by atoms with E-state index in [1.54, 1.807) is 6.20 Å². The summed E-state index contributed by atoms with van der Waals surface area (Å²) in [5, 5.41) is 1.11. The minimum atomic E-state index is -4.74. The predicted molar refractivity (Wildman–Crippen MR) is 99.2 cm³/mol. The number of ether oxygens (including phenoxy) is 1. The van der Waals surface area contributed by atoms with Crippen LogP contribution in [0.25, 0.3) is 11.0 Å². The monoisotopic (exact) mass is 409 g/mol. The first-order valence-electron chi connectivity index (χ1n) is 8.85. The van der Waals surface area contributed by atoms with Crippen LogP contribution in [-0.2, 0) is 11.0 Å². The second kappa shape index (κ2) is 7.56. The molecule has 28 heavy (non-hydrogen) atoms. The van der Waals surface area contributed by atoms with E-state index in [-0.39, 0.29) is 5.75 Å². The van der Waals surface area contributed by atoms with Crippen molar-refractivity contribution in [3.05, 3.63) is 54.4 Å². The summed E-state index contributed by atoms with van der Waals surface area (Å²) in [6.07, 6.45) is 0.708. The quantitative estimate of drug-likeness (QED) is 0.697. The Labute approximate surface area is 162 Å². The van der Waals surface area contributed by atoms with Gasteiger partial charge in [0, 0.05) is 30.9 Å². The number of H-pyrrole nitrogens is 1. The zero-order valence-corrected chi connectivity index (χ0v) is 15.6. The number of nitrogens with one attached hydrogen (secondary N) is 1. The minimum absolute atomic E-state index is 0.320. The molecule has 2 aromatic heterocycles. The van der Waals surface area contributed by atoms with E-state index in [0.29, 0.717) is 23.9 Å². The molecular formula is C19H18F3N3O2S. The predicted octanol–water partition coefficient (Wildman–Crippen LogP) is 4.36. The maximum Gasteiger partial charge on any atom is 0.573 e. The Balaban J connectivity index is 1.40. The van der Waals surface area contributed by atoms with Crippen molar-refractivity contribution in [3.63, 3.8) is 0 Å². The van der Waals surface area contributed by atoms with E-state index >= 15 is 0 Å². The minimum Gasteiger partial charge on any atom is -0.406 e. The summed E-state index contributed by atoms with van der Waals surface area (Å²) in [7, 11) is -1.41. The summed E-state index contributed by atoms with van der Waals surface area (Å²) in [4.78, 5) is 7.97. The first-order valence-corrected chi connectivity index (χ1v) is 9.96. The normalized spacial score (nSPS) is 17.7. The van der Waals surface area contributed by atoms with Crippen molar-refractivity contribution in [2.75, 3.05) is 13.1 Å². The summed E-state index contributed by atoms with van der Waals surface area (Å²) >= 11 is 0. The number of halogens is 3. The van der Waals surface area contributed by atoms with Gasteiger partial charge in [0.15, 0.2) is 0 Å². The van der Waals surface area contributed by atoms with Gasteiger partial charge in [-0.3, -0.25) is 0 Å². The molecule has 1 saturated heterocycles. The lowest BCUT2D eigenvalue weighted by Gasteiger charge is -2.30. The number of benzene rings is 1. The molecule has 4 rings (SSSR count). The Morgan fingerprint density at radius 3 is 2.54 bits per heavy atom. The van der Waals surface area contributed by atoms with Crippen molar-refractivity contribution in [1.82, 2.24) is 14.3 Å². The number of hydrogen-bond donors (Lipinski definition) is 1. The van der Waals surface area contributed by atoms with Crippen LogP contribution in [0, 0.1) is 0 Å². The molecular weight excluding hydrogens is 391 g/mol. The molecule has 0 aliphatic carbocycles. The molecule has 0 amide bonds. The standard InChI is InChI=1S/C19H18F3N3O2S/c20-19(21,22)27-14-3-5-15(6-4-14)28(26)25-10-7-13(8-11-25)17-12-24-18-16(17)2-1-9-23-18/h1-6,9,12-13H,7-8,10-11H2,(H,23,24). The van der Waals surface area contributed by atoms with Crippen molar-refractivity contribution in [1.29, 1.82) is 0 Å². The molecule has 1 aromatic carbocycles. The van der Waals surface area contributed by atoms with Gasteiger partial charge in [0.05, 0.1) is 4.90 Å². The van der Waals surface area contributed by atoms with Gasteiger partial charge in [0.1, 0.15) is 22.4 Å². The maximum absolute atomic E-state index is 12.8. The summed E-state index contributed by atoms with van der Waals surface area (Å²) in [6.45, 7) is 1.29. The van der Waals surface area contributed by atoms with Gasteiger partial charge in [-0.2, -0.15) is 0 Å². The van der Waals surface area contributed by atoms with E-state index in [9.17, 15) is 17.4 Å². The molecule has 9 heteroatoms. The van der Waals surface area contributed by atoms with Crippen LogP contribution in [0.5, 0.6) is 5.75 Å². The summed E-state index contributed by atoms with van der Waals surface area (Å²) < 4.78 is 55.2. The van der Waals surface area contributed by atoms with Gasteiger partial charge < -0.3 is 9.72 Å². The number of nitrogens with zero attached hydrogens (tertiary/aromatic N) is 2. The number of pyridine rings is 1. The average Bonchev–Trinajstić information content (AvgIpc) is 3.11. The first kappa shape index (κ1) is 18.9. The molecule has 1 aliphatic rings. The summed E-state index contributed by atoms with van der Waals surface area (Å²) in [5.74, 6) is 0.0358.